The zero-order valence-electron chi connectivity index (χ0n) is 6.91. The lowest BCUT2D eigenvalue weighted by Gasteiger charge is -1.99. The third-order valence-corrected chi connectivity index (χ3v) is 1.87. The SMILES string of the molecule is Cc1ccc2c(c1)C=CN=C=C2. The van der Waals surface area contributed by atoms with E-state index >= 15 is 0 Å². The van der Waals surface area contributed by atoms with E-state index in [9.17, 15) is 0 Å². The standard InChI is InChI=1S/C11H9N/c1-9-2-3-10-4-6-12-7-5-11(10)8-9/h2-5,7-8H,1H3. The van der Waals surface area contributed by atoms with Crippen LogP contribution in [0.4, 0.5) is 0 Å². The summed E-state index contributed by atoms with van der Waals surface area (Å²) in [7, 11) is 0. The lowest BCUT2D eigenvalue weighted by atomic mass is 10.0. The summed E-state index contributed by atoms with van der Waals surface area (Å²) in [5.74, 6) is 2.84. The maximum atomic E-state index is 3.93. The lowest BCUT2D eigenvalue weighted by molar-refractivity contribution is 1.45. The topological polar surface area (TPSA) is 12.4 Å². The first kappa shape index (κ1) is 7.08. The van der Waals surface area contributed by atoms with Crippen molar-refractivity contribution in [2.45, 2.75) is 6.92 Å². The van der Waals surface area contributed by atoms with Crippen LogP contribution >= 0.6 is 0 Å². The Hall–Kier alpha value is -1.59. The van der Waals surface area contributed by atoms with Crippen molar-refractivity contribution < 1.29 is 0 Å². The van der Waals surface area contributed by atoms with Crippen LogP contribution in [0, 0.1) is 6.92 Å². The molecule has 2 rings (SSSR count). The molecule has 0 unspecified atom stereocenters. The molecule has 0 radical (unpaired) electrons. The third kappa shape index (κ3) is 1.23. The largest absolute Gasteiger partial charge is 0.214 e. The maximum Gasteiger partial charge on any atom is 0.0374 e. The molecule has 0 amide bonds. The molecule has 0 fully saturated rings. The number of fused-ring (bicyclic) bond motifs is 1. The molecule has 1 heterocycles. The summed E-state index contributed by atoms with van der Waals surface area (Å²) in [5, 5.41) is 0. The number of hydrogen-bond acceptors (Lipinski definition) is 1. The van der Waals surface area contributed by atoms with E-state index in [1.807, 2.05) is 12.2 Å². The fourth-order valence-corrected chi connectivity index (χ4v) is 1.24. The van der Waals surface area contributed by atoms with Crippen LogP contribution in [0.15, 0.2) is 29.4 Å². The fourth-order valence-electron chi connectivity index (χ4n) is 1.24. The number of aryl methyl sites for hydroxylation is 1. The van der Waals surface area contributed by atoms with Gasteiger partial charge >= 0.3 is 0 Å². The van der Waals surface area contributed by atoms with E-state index in [0.29, 0.717) is 0 Å². The summed E-state index contributed by atoms with van der Waals surface area (Å²) in [4.78, 5) is 3.93. The molecule has 0 atom stereocenters. The Balaban J connectivity index is 2.65. The van der Waals surface area contributed by atoms with Gasteiger partial charge in [0.25, 0.3) is 0 Å². The number of benzene rings is 1. The molecule has 0 N–H and O–H groups in total. The zero-order valence-corrected chi connectivity index (χ0v) is 6.91. The second kappa shape index (κ2) is 2.80. The van der Waals surface area contributed by atoms with Gasteiger partial charge in [0.15, 0.2) is 0 Å². The number of nitrogens with zero attached hydrogens (tertiary/aromatic N) is 1. The molecule has 1 nitrogen and oxygen atoms in total. The van der Waals surface area contributed by atoms with E-state index in [4.69, 9.17) is 0 Å². The van der Waals surface area contributed by atoms with E-state index in [-0.39, 0.29) is 0 Å². The van der Waals surface area contributed by atoms with Gasteiger partial charge in [-0.2, -0.15) is 0 Å². The first-order valence-corrected chi connectivity index (χ1v) is 3.92. The van der Waals surface area contributed by atoms with Gasteiger partial charge in [-0.1, -0.05) is 23.8 Å². The molecule has 0 saturated carbocycles. The highest BCUT2D eigenvalue weighted by molar-refractivity contribution is 5.84. The molecular formula is C11H9N. The lowest BCUT2D eigenvalue weighted by Crippen LogP contribution is -1.81. The monoisotopic (exact) mass is 155 g/mol. The highest BCUT2D eigenvalue weighted by atomic mass is 14.6. The van der Waals surface area contributed by atoms with Gasteiger partial charge in [0.2, 0.25) is 0 Å². The molecule has 0 saturated heterocycles. The van der Waals surface area contributed by atoms with Crippen molar-refractivity contribution in [1.82, 2.24) is 0 Å². The molecule has 1 aromatic rings. The van der Waals surface area contributed by atoms with E-state index in [1.165, 1.54) is 16.7 Å². The molecular weight excluding hydrogens is 146 g/mol. The van der Waals surface area contributed by atoms with E-state index in [1.54, 1.807) is 6.20 Å². The summed E-state index contributed by atoms with van der Waals surface area (Å²) < 4.78 is 0. The highest BCUT2D eigenvalue weighted by Crippen LogP contribution is 2.15. The highest BCUT2D eigenvalue weighted by Gasteiger charge is 1.97. The van der Waals surface area contributed by atoms with E-state index < -0.39 is 0 Å². The normalized spacial score (nSPS) is 12.8. The Morgan fingerprint density at radius 1 is 1.25 bits per heavy atom. The van der Waals surface area contributed by atoms with Crippen molar-refractivity contribution in [3.63, 3.8) is 0 Å². The summed E-state index contributed by atoms with van der Waals surface area (Å²) in [5.41, 5.74) is 3.66. The van der Waals surface area contributed by atoms with Gasteiger partial charge in [-0.15, -0.1) is 0 Å². The van der Waals surface area contributed by atoms with Gasteiger partial charge in [0.1, 0.15) is 0 Å². The quantitative estimate of drug-likeness (QED) is 0.546. The Bertz CT molecular complexity index is 393. The number of aliphatic imine (C=N–C) groups is 1. The summed E-state index contributed by atoms with van der Waals surface area (Å²) in [6.45, 7) is 2.09. The zero-order chi connectivity index (χ0) is 8.39. The van der Waals surface area contributed by atoms with E-state index in [0.717, 1.165) is 0 Å². The van der Waals surface area contributed by atoms with Crippen molar-refractivity contribution >= 4 is 18.0 Å². The molecule has 1 aliphatic rings. The first-order valence-electron chi connectivity index (χ1n) is 3.92. The van der Waals surface area contributed by atoms with Gasteiger partial charge < -0.3 is 0 Å². The van der Waals surface area contributed by atoms with Crippen LogP contribution < -0.4 is 0 Å². The van der Waals surface area contributed by atoms with Crippen LogP contribution in [-0.2, 0) is 0 Å². The molecule has 1 aromatic carbocycles. The third-order valence-electron chi connectivity index (χ3n) is 1.87. The molecule has 12 heavy (non-hydrogen) atoms. The summed E-state index contributed by atoms with van der Waals surface area (Å²) in [6.07, 6.45) is 5.66. The molecule has 1 aliphatic heterocycles. The van der Waals surface area contributed by atoms with Crippen LogP contribution in [0.25, 0.3) is 12.2 Å². The minimum atomic E-state index is 1.18. The van der Waals surface area contributed by atoms with Gasteiger partial charge in [-0.3, -0.25) is 0 Å². The number of rotatable bonds is 0. The Kier molecular flexibility index (Phi) is 1.65. The molecule has 58 valence electrons. The second-order valence-electron chi connectivity index (χ2n) is 2.85. The maximum absolute atomic E-state index is 3.93. The Labute approximate surface area is 71.8 Å². The predicted molar refractivity (Wildman–Crippen MR) is 52.1 cm³/mol. The van der Waals surface area contributed by atoms with Crippen molar-refractivity contribution in [2.24, 2.45) is 4.99 Å². The van der Waals surface area contributed by atoms with Crippen molar-refractivity contribution in [3.05, 3.63) is 41.1 Å². The molecule has 1 heteroatoms. The van der Waals surface area contributed by atoms with Crippen LogP contribution in [0.5, 0.6) is 0 Å². The van der Waals surface area contributed by atoms with Gasteiger partial charge in [-0.25, -0.2) is 4.99 Å². The van der Waals surface area contributed by atoms with Crippen LogP contribution in [0.3, 0.4) is 0 Å². The molecule has 0 bridgehead atoms. The average Bonchev–Trinajstić information content (AvgIpc) is 2.28. The molecule has 0 spiro atoms. The van der Waals surface area contributed by atoms with Crippen LogP contribution in [0.1, 0.15) is 16.7 Å². The molecule has 0 aliphatic carbocycles. The van der Waals surface area contributed by atoms with Gasteiger partial charge in [0.05, 0.1) is 0 Å². The first-order chi connectivity index (χ1) is 5.86. The average molecular weight is 155 g/mol. The minimum Gasteiger partial charge on any atom is -0.214 e. The fraction of sp³-hybridized carbons (Fsp3) is 0.0909. The summed E-state index contributed by atoms with van der Waals surface area (Å²) in [6, 6.07) is 6.32. The minimum absolute atomic E-state index is 1.18. The summed E-state index contributed by atoms with van der Waals surface area (Å²) >= 11 is 0. The smallest absolute Gasteiger partial charge is 0.0374 e. The molecule has 0 aromatic heterocycles. The number of hydrogen-bond donors (Lipinski definition) is 0. The second-order valence-corrected chi connectivity index (χ2v) is 2.85. The predicted octanol–water partition coefficient (Wildman–Crippen LogP) is 2.66. The van der Waals surface area contributed by atoms with Crippen LogP contribution in [0.2, 0.25) is 0 Å². The van der Waals surface area contributed by atoms with E-state index in [2.05, 4.69) is 36.0 Å². The van der Waals surface area contributed by atoms with Gasteiger partial charge in [-0.05, 0) is 30.0 Å². The van der Waals surface area contributed by atoms with Crippen molar-refractivity contribution in [2.75, 3.05) is 0 Å². The van der Waals surface area contributed by atoms with Crippen LogP contribution in [-0.4, -0.2) is 5.87 Å². The Morgan fingerprint density at radius 2 is 2.17 bits per heavy atom. The van der Waals surface area contributed by atoms with Gasteiger partial charge in [0, 0.05) is 12.3 Å². The van der Waals surface area contributed by atoms with Crippen molar-refractivity contribution in [3.8, 4) is 0 Å². The van der Waals surface area contributed by atoms with Crippen molar-refractivity contribution in [1.29, 1.82) is 0 Å². The Morgan fingerprint density at radius 3 is 3.08 bits per heavy atom.